The van der Waals surface area contributed by atoms with E-state index in [9.17, 15) is 18.3 Å². The topological polar surface area (TPSA) is 106 Å². The minimum absolute atomic E-state index is 0.0254. The van der Waals surface area contributed by atoms with Crippen LogP contribution >= 0.6 is 11.3 Å². The molecule has 2 aromatic rings. The number of hydrogen-bond donors (Lipinski definition) is 1. The fourth-order valence-electron chi connectivity index (χ4n) is 4.51. The molecule has 0 radical (unpaired) electrons. The zero-order valence-electron chi connectivity index (χ0n) is 21.0. The number of nitrogens with zero attached hydrogens (tertiary/aromatic N) is 2. The van der Waals surface area contributed by atoms with Crippen LogP contribution in [0.15, 0.2) is 58.5 Å². The lowest BCUT2D eigenvalue weighted by Gasteiger charge is -2.33. The summed E-state index contributed by atoms with van der Waals surface area (Å²) in [5, 5.41) is 11.5. The first-order valence-corrected chi connectivity index (χ1v) is 14.8. The molecular weight excluding hydrogens is 516 g/mol. The number of rotatable bonds is 11. The van der Waals surface area contributed by atoms with Crippen molar-refractivity contribution < 1.29 is 32.5 Å². The smallest absolute Gasteiger partial charge is 0.288 e. The van der Waals surface area contributed by atoms with E-state index >= 15 is 0 Å². The molecule has 0 unspecified atom stereocenters. The molecule has 202 valence electrons. The minimum atomic E-state index is -3.85. The summed E-state index contributed by atoms with van der Waals surface area (Å²) < 4.78 is 44.6. The first-order chi connectivity index (χ1) is 17.9. The normalized spacial score (nSPS) is 20.4. The van der Waals surface area contributed by atoms with Gasteiger partial charge in [0.2, 0.25) is 16.3 Å². The molecule has 1 saturated heterocycles. The molecule has 1 aromatic carbocycles. The summed E-state index contributed by atoms with van der Waals surface area (Å²) >= 11 is 1.61. The fraction of sp³-hybridized carbons (Fsp3) is 0.500. The molecule has 2 atom stereocenters. The van der Waals surface area contributed by atoms with Gasteiger partial charge in [-0.15, -0.1) is 11.3 Å². The predicted molar refractivity (Wildman–Crippen MR) is 140 cm³/mol. The molecule has 11 heteroatoms. The second kappa shape index (κ2) is 12.9. The molecule has 1 fully saturated rings. The second-order valence-electron chi connectivity index (χ2n) is 8.96. The summed E-state index contributed by atoms with van der Waals surface area (Å²) in [4.78, 5) is 16.2. The molecular formula is C26H34N2O7S2. The zero-order chi connectivity index (χ0) is 26.3. The SMILES string of the molecule is COc1ccc(S(=O)(=O)N(CCO)CCO[C@H]2C[C@@H](c3cccs3)C=C(C(=O)N3CCCCC3)O2)cc1. The number of thiophene rings is 1. The minimum Gasteiger partial charge on any atom is -0.497 e. The van der Waals surface area contributed by atoms with Gasteiger partial charge in [-0.2, -0.15) is 4.31 Å². The zero-order valence-corrected chi connectivity index (χ0v) is 22.6. The van der Waals surface area contributed by atoms with E-state index in [1.54, 1.807) is 23.5 Å². The third-order valence-electron chi connectivity index (χ3n) is 6.51. The summed E-state index contributed by atoms with van der Waals surface area (Å²) in [6, 6.07) is 10.1. The van der Waals surface area contributed by atoms with Gasteiger partial charge < -0.3 is 24.2 Å². The van der Waals surface area contributed by atoms with Gasteiger partial charge in [0.25, 0.3) is 5.91 Å². The average Bonchev–Trinajstić information content (AvgIpc) is 3.48. The van der Waals surface area contributed by atoms with E-state index in [2.05, 4.69) is 0 Å². The highest BCUT2D eigenvalue weighted by Crippen LogP contribution is 2.34. The van der Waals surface area contributed by atoms with Crippen LogP contribution in [-0.2, 0) is 24.3 Å². The Morgan fingerprint density at radius 1 is 1.16 bits per heavy atom. The Balaban J connectivity index is 1.42. The van der Waals surface area contributed by atoms with E-state index in [4.69, 9.17) is 14.2 Å². The second-order valence-corrected chi connectivity index (χ2v) is 11.9. The Morgan fingerprint density at radius 3 is 2.57 bits per heavy atom. The third-order valence-corrected chi connectivity index (χ3v) is 9.43. The van der Waals surface area contributed by atoms with Crippen molar-refractivity contribution in [3.63, 3.8) is 0 Å². The first-order valence-electron chi connectivity index (χ1n) is 12.5. The molecule has 0 bridgehead atoms. The van der Waals surface area contributed by atoms with Crippen molar-refractivity contribution in [3.8, 4) is 5.75 Å². The van der Waals surface area contributed by atoms with Gasteiger partial charge in [-0.1, -0.05) is 6.07 Å². The number of benzene rings is 1. The van der Waals surface area contributed by atoms with Crippen molar-refractivity contribution >= 4 is 27.3 Å². The van der Waals surface area contributed by atoms with Crippen LogP contribution in [0.2, 0.25) is 0 Å². The number of ether oxygens (including phenoxy) is 3. The highest BCUT2D eigenvalue weighted by Gasteiger charge is 2.32. The Labute approximate surface area is 222 Å². The number of methoxy groups -OCH3 is 1. The van der Waals surface area contributed by atoms with Crippen LogP contribution in [0.3, 0.4) is 0 Å². The van der Waals surface area contributed by atoms with Crippen molar-refractivity contribution in [2.24, 2.45) is 0 Å². The molecule has 3 heterocycles. The molecule has 2 aliphatic heterocycles. The number of amides is 1. The Hall–Kier alpha value is -2.44. The maximum Gasteiger partial charge on any atom is 0.288 e. The van der Waals surface area contributed by atoms with E-state index in [1.165, 1.54) is 23.5 Å². The monoisotopic (exact) mass is 550 g/mol. The van der Waals surface area contributed by atoms with Crippen molar-refractivity contribution in [2.45, 2.75) is 42.8 Å². The van der Waals surface area contributed by atoms with E-state index in [1.807, 2.05) is 28.5 Å². The summed E-state index contributed by atoms with van der Waals surface area (Å²) in [7, 11) is -2.34. The van der Waals surface area contributed by atoms with Crippen LogP contribution in [0.1, 0.15) is 36.5 Å². The summed E-state index contributed by atoms with van der Waals surface area (Å²) in [5.74, 6) is 0.681. The fourth-order valence-corrected chi connectivity index (χ4v) is 6.74. The van der Waals surface area contributed by atoms with E-state index in [0.717, 1.165) is 24.1 Å². The number of aliphatic hydroxyl groups is 1. The van der Waals surface area contributed by atoms with Crippen molar-refractivity contribution in [1.29, 1.82) is 0 Å². The largest absolute Gasteiger partial charge is 0.497 e. The quantitative estimate of drug-likeness (QED) is 0.458. The van der Waals surface area contributed by atoms with Crippen molar-refractivity contribution in [1.82, 2.24) is 9.21 Å². The van der Waals surface area contributed by atoms with Crippen LogP contribution in [-0.4, -0.2) is 81.4 Å². The maximum atomic E-state index is 13.2. The summed E-state index contributed by atoms with van der Waals surface area (Å²) in [6.07, 6.45) is 4.79. The van der Waals surface area contributed by atoms with Crippen molar-refractivity contribution in [3.05, 3.63) is 58.5 Å². The van der Waals surface area contributed by atoms with Gasteiger partial charge in [0.1, 0.15) is 5.75 Å². The summed E-state index contributed by atoms with van der Waals surface area (Å²) in [5.41, 5.74) is 0. The van der Waals surface area contributed by atoms with Gasteiger partial charge in [-0.3, -0.25) is 4.79 Å². The van der Waals surface area contributed by atoms with Crippen LogP contribution < -0.4 is 4.74 Å². The number of allylic oxidation sites excluding steroid dienone is 1. The first kappa shape index (κ1) is 27.6. The van der Waals surface area contributed by atoms with Crippen molar-refractivity contribution in [2.75, 3.05) is 46.5 Å². The van der Waals surface area contributed by atoms with E-state index in [0.29, 0.717) is 25.3 Å². The maximum absolute atomic E-state index is 13.2. The van der Waals surface area contributed by atoms with Gasteiger partial charge in [0.15, 0.2) is 5.76 Å². The Morgan fingerprint density at radius 2 is 1.92 bits per heavy atom. The van der Waals surface area contributed by atoms with Gasteiger partial charge in [-0.05, 0) is 61.1 Å². The third kappa shape index (κ3) is 6.91. The number of hydrogen-bond acceptors (Lipinski definition) is 8. The highest BCUT2D eigenvalue weighted by molar-refractivity contribution is 7.89. The van der Waals surface area contributed by atoms with Crippen LogP contribution in [0, 0.1) is 0 Å². The Kier molecular flexibility index (Phi) is 9.60. The Bertz CT molecular complexity index is 1140. The summed E-state index contributed by atoms with van der Waals surface area (Å²) in [6.45, 7) is 1.11. The molecule has 1 aromatic heterocycles. The van der Waals surface area contributed by atoms with Gasteiger partial charge in [0.05, 0.1) is 25.2 Å². The molecule has 1 amide bonds. The van der Waals surface area contributed by atoms with Gasteiger partial charge in [-0.25, -0.2) is 8.42 Å². The van der Waals surface area contributed by atoms with Crippen LogP contribution in [0.5, 0.6) is 5.75 Å². The molecule has 37 heavy (non-hydrogen) atoms. The molecule has 0 saturated carbocycles. The van der Waals surface area contributed by atoms with E-state index in [-0.39, 0.29) is 48.8 Å². The highest BCUT2D eigenvalue weighted by atomic mass is 32.2. The molecule has 4 rings (SSSR count). The van der Waals surface area contributed by atoms with E-state index < -0.39 is 16.3 Å². The number of carbonyl (C=O) groups is 1. The lowest BCUT2D eigenvalue weighted by Crippen LogP contribution is -2.40. The van der Waals surface area contributed by atoms with Gasteiger partial charge >= 0.3 is 0 Å². The molecule has 1 N–H and O–H groups in total. The molecule has 9 nitrogen and oxygen atoms in total. The molecule has 0 aliphatic carbocycles. The standard InChI is InChI=1S/C26H34N2O7S2/c1-33-21-7-9-22(10-8-21)37(31,32)28(13-15-29)14-16-34-25-19-20(24-6-5-17-36-24)18-23(35-25)26(30)27-11-3-2-4-12-27/h5-10,17-18,20,25,29H,2-4,11-16,19H2,1H3/t20-,25+/m0/s1. The molecule has 0 spiro atoms. The number of piperidine rings is 1. The predicted octanol–water partition coefficient (Wildman–Crippen LogP) is 3.18. The number of aliphatic hydroxyl groups excluding tert-OH is 1. The number of sulfonamides is 1. The van der Waals surface area contributed by atoms with Crippen LogP contribution in [0.25, 0.3) is 0 Å². The average molecular weight is 551 g/mol. The molecule has 2 aliphatic rings. The van der Waals surface area contributed by atoms with Crippen LogP contribution in [0.4, 0.5) is 0 Å². The number of carbonyl (C=O) groups excluding carboxylic acids is 1. The van der Waals surface area contributed by atoms with Gasteiger partial charge in [0, 0.05) is 43.4 Å². The number of likely N-dealkylation sites (tertiary alicyclic amines) is 1. The lowest BCUT2D eigenvalue weighted by atomic mass is 9.99. The lowest BCUT2D eigenvalue weighted by molar-refractivity contribution is -0.153.